The molecule has 0 saturated heterocycles. The smallest absolute Gasteiger partial charge is 0.0383 e. The van der Waals surface area contributed by atoms with Crippen LogP contribution < -0.4 is 5.32 Å². The fraction of sp³-hybridized carbons (Fsp3) is 1.00. The van der Waals surface area contributed by atoms with Gasteiger partial charge in [-0.25, -0.2) is 0 Å². The Balaban J connectivity index is 2.16. The highest BCUT2D eigenvalue weighted by molar-refractivity contribution is 7.84. The lowest BCUT2D eigenvalue weighted by molar-refractivity contribution is 0.473. The van der Waals surface area contributed by atoms with Crippen molar-refractivity contribution in [2.24, 2.45) is 0 Å². The molecule has 2 nitrogen and oxygen atoms in total. The molecule has 0 aliphatic heterocycles. The molecular weight excluding hydrogens is 170 g/mol. The van der Waals surface area contributed by atoms with Crippen molar-refractivity contribution in [1.29, 1.82) is 0 Å². The minimum Gasteiger partial charge on any atom is -0.311 e. The molecule has 72 valence electrons. The van der Waals surface area contributed by atoms with Crippen LogP contribution in [-0.2, 0) is 10.8 Å². The molecule has 0 spiro atoms. The molecule has 2 atom stereocenters. The topological polar surface area (TPSA) is 29.1 Å². The van der Waals surface area contributed by atoms with E-state index in [0.717, 1.165) is 5.75 Å². The molecule has 1 aliphatic carbocycles. The van der Waals surface area contributed by atoms with Crippen LogP contribution in [0.25, 0.3) is 0 Å². The Bertz CT molecular complexity index is 155. The minimum atomic E-state index is -0.658. The summed E-state index contributed by atoms with van der Waals surface area (Å²) in [5, 5.41) is 3.52. The number of nitrogens with one attached hydrogen (secondary N) is 1. The maximum absolute atomic E-state index is 10.9. The lowest BCUT2D eigenvalue weighted by Crippen LogP contribution is -2.37. The van der Waals surface area contributed by atoms with Gasteiger partial charge in [-0.15, -0.1) is 0 Å². The molecule has 3 heteroatoms. The molecule has 1 saturated carbocycles. The van der Waals surface area contributed by atoms with Crippen LogP contribution >= 0.6 is 0 Å². The summed E-state index contributed by atoms with van der Waals surface area (Å²) < 4.78 is 10.9. The Hall–Kier alpha value is 0.110. The molecule has 1 N–H and O–H groups in total. The van der Waals surface area contributed by atoms with Crippen molar-refractivity contribution in [3.63, 3.8) is 0 Å². The highest BCUT2D eigenvalue weighted by Gasteiger charge is 2.16. The average Bonchev–Trinajstić information content (AvgIpc) is 2.37. The zero-order valence-corrected chi connectivity index (χ0v) is 8.82. The van der Waals surface area contributed by atoms with Crippen LogP contribution in [0, 0.1) is 0 Å². The lowest BCUT2D eigenvalue weighted by Gasteiger charge is -2.17. The maximum Gasteiger partial charge on any atom is 0.0383 e. The van der Waals surface area contributed by atoms with Crippen molar-refractivity contribution in [2.45, 2.75) is 44.7 Å². The van der Waals surface area contributed by atoms with E-state index in [4.69, 9.17) is 0 Å². The van der Waals surface area contributed by atoms with E-state index < -0.39 is 10.8 Å². The second kappa shape index (κ2) is 4.97. The maximum atomic E-state index is 10.9. The Morgan fingerprint density at radius 1 is 1.50 bits per heavy atom. The van der Waals surface area contributed by atoms with E-state index in [2.05, 4.69) is 12.2 Å². The van der Waals surface area contributed by atoms with Crippen molar-refractivity contribution in [3.8, 4) is 0 Å². The summed E-state index contributed by atoms with van der Waals surface area (Å²) in [4.78, 5) is 0. The zero-order valence-electron chi connectivity index (χ0n) is 8.01. The molecule has 0 radical (unpaired) electrons. The van der Waals surface area contributed by atoms with Crippen LogP contribution in [0.1, 0.15) is 32.6 Å². The molecule has 1 aliphatic rings. The van der Waals surface area contributed by atoms with Crippen LogP contribution in [0.4, 0.5) is 0 Å². The predicted octanol–water partition coefficient (Wildman–Crippen LogP) is 1.29. The van der Waals surface area contributed by atoms with Crippen LogP contribution in [0.15, 0.2) is 0 Å². The van der Waals surface area contributed by atoms with Gasteiger partial charge in [0.05, 0.1) is 0 Å². The summed E-state index contributed by atoms with van der Waals surface area (Å²) in [6.07, 6.45) is 7.10. The van der Waals surface area contributed by atoms with E-state index in [1.807, 2.05) is 0 Å². The fourth-order valence-electron chi connectivity index (χ4n) is 1.90. The van der Waals surface area contributed by atoms with Gasteiger partial charge in [-0.3, -0.25) is 4.21 Å². The van der Waals surface area contributed by atoms with E-state index in [1.54, 1.807) is 6.26 Å². The summed E-state index contributed by atoms with van der Waals surface area (Å²) >= 11 is 0. The SMILES string of the molecule is CC(CS(C)=O)NC1CCCC1. The van der Waals surface area contributed by atoms with Crippen LogP contribution in [-0.4, -0.2) is 28.3 Å². The molecule has 2 unspecified atom stereocenters. The van der Waals surface area contributed by atoms with E-state index in [1.165, 1.54) is 25.7 Å². The first-order chi connectivity index (χ1) is 5.68. The van der Waals surface area contributed by atoms with Gasteiger partial charge in [0.15, 0.2) is 0 Å². The van der Waals surface area contributed by atoms with Crippen LogP contribution in [0.5, 0.6) is 0 Å². The molecular formula is C9H19NOS. The third-order valence-electron chi connectivity index (χ3n) is 2.36. The van der Waals surface area contributed by atoms with Crippen molar-refractivity contribution in [3.05, 3.63) is 0 Å². The van der Waals surface area contributed by atoms with Crippen molar-refractivity contribution >= 4 is 10.8 Å². The number of hydrogen-bond acceptors (Lipinski definition) is 2. The first kappa shape index (κ1) is 10.2. The van der Waals surface area contributed by atoms with Gasteiger partial charge >= 0.3 is 0 Å². The molecule has 0 heterocycles. The van der Waals surface area contributed by atoms with Gasteiger partial charge < -0.3 is 5.32 Å². The predicted molar refractivity (Wildman–Crippen MR) is 53.8 cm³/mol. The Labute approximate surface area is 77.6 Å². The lowest BCUT2D eigenvalue weighted by atomic mass is 10.2. The van der Waals surface area contributed by atoms with Gasteiger partial charge in [0, 0.05) is 34.9 Å². The quantitative estimate of drug-likeness (QED) is 0.722. The molecule has 12 heavy (non-hydrogen) atoms. The van der Waals surface area contributed by atoms with Gasteiger partial charge in [0.2, 0.25) is 0 Å². The molecule has 0 aromatic heterocycles. The fourth-order valence-corrected chi connectivity index (χ4v) is 2.70. The Kier molecular flexibility index (Phi) is 4.22. The summed E-state index contributed by atoms with van der Waals surface area (Å²) in [6.45, 7) is 2.12. The Morgan fingerprint density at radius 3 is 2.58 bits per heavy atom. The third-order valence-corrected chi connectivity index (χ3v) is 3.33. The normalized spacial score (nSPS) is 24.2. The third kappa shape index (κ3) is 3.68. The molecule has 1 fully saturated rings. The highest BCUT2D eigenvalue weighted by Crippen LogP contribution is 2.17. The standard InChI is InChI=1S/C9H19NOS/c1-8(7-12(2)11)10-9-5-3-4-6-9/h8-10H,3-7H2,1-2H3. The first-order valence-corrected chi connectivity index (χ1v) is 6.47. The second-order valence-corrected chi connectivity index (χ2v) is 5.27. The van der Waals surface area contributed by atoms with E-state index in [-0.39, 0.29) is 0 Å². The largest absolute Gasteiger partial charge is 0.311 e. The van der Waals surface area contributed by atoms with E-state index in [0.29, 0.717) is 12.1 Å². The molecule has 0 aromatic rings. The molecule has 0 aromatic carbocycles. The van der Waals surface area contributed by atoms with Gasteiger partial charge in [0.25, 0.3) is 0 Å². The summed E-state index contributed by atoms with van der Waals surface area (Å²) in [6, 6.07) is 1.11. The molecule has 0 bridgehead atoms. The number of hydrogen-bond donors (Lipinski definition) is 1. The van der Waals surface area contributed by atoms with E-state index in [9.17, 15) is 4.21 Å². The monoisotopic (exact) mass is 189 g/mol. The van der Waals surface area contributed by atoms with Crippen LogP contribution in [0.2, 0.25) is 0 Å². The van der Waals surface area contributed by atoms with Gasteiger partial charge in [0.1, 0.15) is 0 Å². The van der Waals surface area contributed by atoms with Crippen molar-refractivity contribution in [2.75, 3.05) is 12.0 Å². The zero-order chi connectivity index (χ0) is 8.97. The molecule has 0 amide bonds. The van der Waals surface area contributed by atoms with Crippen molar-refractivity contribution < 1.29 is 4.21 Å². The highest BCUT2D eigenvalue weighted by atomic mass is 32.2. The van der Waals surface area contributed by atoms with Gasteiger partial charge in [-0.05, 0) is 19.8 Å². The van der Waals surface area contributed by atoms with Gasteiger partial charge in [-0.2, -0.15) is 0 Å². The summed E-state index contributed by atoms with van der Waals surface area (Å²) in [5.41, 5.74) is 0. The van der Waals surface area contributed by atoms with Crippen molar-refractivity contribution in [1.82, 2.24) is 5.32 Å². The number of rotatable bonds is 4. The summed E-state index contributed by atoms with van der Waals surface area (Å²) in [5.74, 6) is 0.788. The van der Waals surface area contributed by atoms with E-state index >= 15 is 0 Å². The van der Waals surface area contributed by atoms with Gasteiger partial charge in [-0.1, -0.05) is 12.8 Å². The van der Waals surface area contributed by atoms with Crippen LogP contribution in [0.3, 0.4) is 0 Å². The average molecular weight is 189 g/mol. The Morgan fingerprint density at radius 2 is 2.08 bits per heavy atom. The minimum absolute atomic E-state index is 0.416. The molecule has 1 rings (SSSR count). The second-order valence-electron chi connectivity index (χ2n) is 3.79. The summed E-state index contributed by atoms with van der Waals surface area (Å²) in [7, 11) is -0.658. The first-order valence-electron chi connectivity index (χ1n) is 4.74.